The van der Waals surface area contributed by atoms with Crippen LogP contribution in [-0.4, -0.2) is 68.3 Å². The van der Waals surface area contributed by atoms with E-state index in [4.69, 9.17) is 15.6 Å². The molecule has 0 heterocycles. The zero-order valence-electron chi connectivity index (χ0n) is 13.5. The molecule has 1 aromatic carbocycles. The maximum Gasteiger partial charge on any atom is 0.246 e. The molecule has 1 rings (SSSR count). The number of carbonyl (C=O) groups is 1. The largest absolute Gasteiger partial charge is 0.490 e. The molecular formula is C16H25N3O3. The molecule has 0 saturated carbocycles. The number of nitrogen functional groups attached to an aromatic ring is 1. The van der Waals surface area contributed by atoms with E-state index >= 15 is 0 Å². The third-order valence-corrected chi connectivity index (χ3v) is 3.06. The summed E-state index contributed by atoms with van der Waals surface area (Å²) >= 11 is 0. The molecule has 1 amide bonds. The van der Waals surface area contributed by atoms with Gasteiger partial charge in [-0.15, -0.1) is 0 Å². The van der Waals surface area contributed by atoms with Crippen LogP contribution in [0, 0.1) is 0 Å². The lowest BCUT2D eigenvalue weighted by Gasteiger charge is -2.13. The van der Waals surface area contributed by atoms with Crippen LogP contribution in [-0.2, 0) is 4.79 Å². The Bertz CT molecular complexity index is 515. The third-order valence-electron chi connectivity index (χ3n) is 3.06. The number of aliphatic hydroxyl groups excluding tert-OH is 1. The summed E-state index contributed by atoms with van der Waals surface area (Å²) in [7, 11) is 5.59. The first kappa shape index (κ1) is 18.0. The Kier molecular flexibility index (Phi) is 7.42. The zero-order valence-corrected chi connectivity index (χ0v) is 13.5. The molecule has 3 N–H and O–H groups in total. The monoisotopic (exact) mass is 307 g/mol. The van der Waals surface area contributed by atoms with E-state index < -0.39 is 0 Å². The van der Waals surface area contributed by atoms with Crippen molar-refractivity contribution in [2.24, 2.45) is 0 Å². The number of hydrogen-bond acceptors (Lipinski definition) is 5. The van der Waals surface area contributed by atoms with E-state index in [2.05, 4.69) is 0 Å². The number of ether oxygens (including phenoxy) is 1. The number of carbonyl (C=O) groups excluding carboxylic acids is 1. The van der Waals surface area contributed by atoms with Gasteiger partial charge in [0.25, 0.3) is 0 Å². The average molecular weight is 307 g/mol. The van der Waals surface area contributed by atoms with Crippen molar-refractivity contribution >= 4 is 17.7 Å². The average Bonchev–Trinajstić information content (AvgIpc) is 2.46. The first-order chi connectivity index (χ1) is 10.4. The molecule has 122 valence electrons. The van der Waals surface area contributed by atoms with Crippen LogP contribution in [0.3, 0.4) is 0 Å². The van der Waals surface area contributed by atoms with Gasteiger partial charge in [0.05, 0.1) is 12.3 Å². The van der Waals surface area contributed by atoms with Gasteiger partial charge in [0.15, 0.2) is 0 Å². The maximum absolute atomic E-state index is 11.7. The topological polar surface area (TPSA) is 79.0 Å². The second-order valence-corrected chi connectivity index (χ2v) is 5.27. The molecule has 0 spiro atoms. The smallest absolute Gasteiger partial charge is 0.246 e. The van der Waals surface area contributed by atoms with Gasteiger partial charge in [-0.2, -0.15) is 0 Å². The Hall–Kier alpha value is -2.05. The van der Waals surface area contributed by atoms with Crippen LogP contribution in [0.5, 0.6) is 5.75 Å². The molecule has 6 heteroatoms. The van der Waals surface area contributed by atoms with Crippen LogP contribution >= 0.6 is 0 Å². The molecule has 0 saturated heterocycles. The molecular weight excluding hydrogens is 282 g/mol. The standard InChI is InChI=1S/C16H25N3O3/c1-18(2)9-11-22-15-6-4-13(12-14(15)17)5-7-16(21)19(3)8-10-20/h4-7,12,20H,8-11,17H2,1-3H3/b7-5-. The van der Waals surface area contributed by atoms with Gasteiger partial charge >= 0.3 is 0 Å². The summed E-state index contributed by atoms with van der Waals surface area (Å²) in [6, 6.07) is 5.41. The fourth-order valence-electron chi connectivity index (χ4n) is 1.70. The molecule has 1 aromatic rings. The molecule has 0 bridgehead atoms. The van der Waals surface area contributed by atoms with Gasteiger partial charge in [-0.3, -0.25) is 4.79 Å². The van der Waals surface area contributed by atoms with E-state index in [-0.39, 0.29) is 12.5 Å². The molecule has 0 radical (unpaired) electrons. The predicted octanol–water partition coefficient (Wildman–Crippen LogP) is 0.673. The van der Waals surface area contributed by atoms with Crippen molar-refractivity contribution in [3.8, 4) is 5.75 Å². The Morgan fingerprint density at radius 2 is 2.05 bits per heavy atom. The highest BCUT2D eigenvalue weighted by molar-refractivity contribution is 5.91. The number of nitrogens with zero attached hydrogens (tertiary/aromatic N) is 2. The summed E-state index contributed by atoms with van der Waals surface area (Å²) < 4.78 is 5.60. The summed E-state index contributed by atoms with van der Waals surface area (Å²) in [6.45, 7) is 1.63. The highest BCUT2D eigenvalue weighted by Crippen LogP contribution is 2.23. The van der Waals surface area contributed by atoms with E-state index in [1.165, 1.54) is 11.0 Å². The van der Waals surface area contributed by atoms with Crippen molar-refractivity contribution in [3.63, 3.8) is 0 Å². The van der Waals surface area contributed by atoms with Crippen molar-refractivity contribution < 1.29 is 14.6 Å². The van der Waals surface area contributed by atoms with E-state index in [9.17, 15) is 4.79 Å². The highest BCUT2D eigenvalue weighted by atomic mass is 16.5. The molecule has 0 aromatic heterocycles. The highest BCUT2D eigenvalue weighted by Gasteiger charge is 2.04. The maximum atomic E-state index is 11.7. The van der Waals surface area contributed by atoms with E-state index in [1.54, 1.807) is 25.3 Å². The fraction of sp³-hybridized carbons (Fsp3) is 0.438. The number of amides is 1. The third kappa shape index (κ3) is 6.15. The number of benzene rings is 1. The van der Waals surface area contributed by atoms with Crippen LogP contribution in [0.1, 0.15) is 5.56 Å². The minimum Gasteiger partial charge on any atom is -0.490 e. The number of nitrogens with two attached hydrogens (primary N) is 1. The van der Waals surface area contributed by atoms with Gasteiger partial charge in [0.2, 0.25) is 5.91 Å². The minimum atomic E-state index is -0.168. The minimum absolute atomic E-state index is 0.0536. The molecule has 0 aliphatic carbocycles. The molecule has 0 unspecified atom stereocenters. The van der Waals surface area contributed by atoms with E-state index in [1.807, 2.05) is 25.1 Å². The van der Waals surface area contributed by atoms with Gasteiger partial charge in [-0.05, 0) is 37.9 Å². The Labute approximate surface area is 131 Å². The summed E-state index contributed by atoms with van der Waals surface area (Å²) in [5.74, 6) is 0.474. The van der Waals surface area contributed by atoms with Crippen molar-refractivity contribution in [2.45, 2.75) is 0 Å². The lowest BCUT2D eigenvalue weighted by molar-refractivity contribution is -0.125. The van der Waals surface area contributed by atoms with E-state index in [0.29, 0.717) is 24.6 Å². The summed E-state index contributed by atoms with van der Waals surface area (Å²) in [5.41, 5.74) is 7.31. The Morgan fingerprint density at radius 1 is 1.32 bits per heavy atom. The SMILES string of the molecule is CN(C)CCOc1ccc(/C=C\C(=O)N(C)CCO)cc1N. The van der Waals surface area contributed by atoms with Crippen molar-refractivity contribution in [1.82, 2.24) is 9.80 Å². The van der Waals surface area contributed by atoms with E-state index in [0.717, 1.165) is 12.1 Å². The van der Waals surface area contributed by atoms with Gasteiger partial charge < -0.3 is 25.4 Å². The van der Waals surface area contributed by atoms with Crippen molar-refractivity contribution in [1.29, 1.82) is 0 Å². The number of anilines is 1. The van der Waals surface area contributed by atoms with Crippen molar-refractivity contribution in [2.75, 3.05) is 53.2 Å². The van der Waals surface area contributed by atoms with Gasteiger partial charge in [-0.1, -0.05) is 6.07 Å². The molecule has 0 atom stereocenters. The van der Waals surface area contributed by atoms with Crippen molar-refractivity contribution in [3.05, 3.63) is 29.8 Å². The summed E-state index contributed by atoms with van der Waals surface area (Å²) in [6.07, 6.45) is 3.15. The van der Waals surface area contributed by atoms with Crippen LogP contribution in [0.4, 0.5) is 5.69 Å². The Morgan fingerprint density at radius 3 is 2.64 bits per heavy atom. The molecule has 0 aliphatic rings. The number of hydrogen-bond donors (Lipinski definition) is 2. The fourth-order valence-corrected chi connectivity index (χ4v) is 1.70. The molecule has 0 fully saturated rings. The predicted molar refractivity (Wildman–Crippen MR) is 88.7 cm³/mol. The lowest BCUT2D eigenvalue weighted by atomic mass is 10.1. The summed E-state index contributed by atoms with van der Waals surface area (Å²) in [5, 5.41) is 8.79. The number of likely N-dealkylation sites (N-methyl/N-ethyl adjacent to an activating group) is 2. The van der Waals surface area contributed by atoms with Crippen LogP contribution in [0.15, 0.2) is 24.3 Å². The first-order valence-electron chi connectivity index (χ1n) is 7.15. The normalized spacial score (nSPS) is 11.1. The number of rotatable bonds is 8. The summed E-state index contributed by atoms with van der Waals surface area (Å²) in [4.78, 5) is 15.2. The Balaban J connectivity index is 2.63. The molecule has 0 aliphatic heterocycles. The van der Waals surface area contributed by atoms with Gasteiger partial charge in [-0.25, -0.2) is 0 Å². The quantitative estimate of drug-likeness (QED) is 0.545. The zero-order chi connectivity index (χ0) is 16.5. The lowest BCUT2D eigenvalue weighted by Crippen LogP contribution is -2.27. The number of aliphatic hydroxyl groups is 1. The molecule has 22 heavy (non-hydrogen) atoms. The van der Waals surface area contributed by atoms with Crippen LogP contribution in [0.2, 0.25) is 0 Å². The second kappa shape index (κ2) is 9.07. The van der Waals surface area contributed by atoms with Crippen LogP contribution < -0.4 is 10.5 Å². The second-order valence-electron chi connectivity index (χ2n) is 5.27. The van der Waals surface area contributed by atoms with Gasteiger partial charge in [0, 0.05) is 26.2 Å². The van der Waals surface area contributed by atoms with Crippen LogP contribution in [0.25, 0.3) is 6.08 Å². The molecule has 6 nitrogen and oxygen atoms in total. The first-order valence-corrected chi connectivity index (χ1v) is 7.15. The van der Waals surface area contributed by atoms with Gasteiger partial charge in [0.1, 0.15) is 12.4 Å².